The van der Waals surface area contributed by atoms with Crippen LogP contribution in [0.1, 0.15) is 5.56 Å². The number of nitro benzene ring substituents is 1. The van der Waals surface area contributed by atoms with Gasteiger partial charge in [0.05, 0.1) is 30.5 Å². The Morgan fingerprint density at radius 3 is 2.53 bits per heavy atom. The van der Waals surface area contributed by atoms with E-state index in [-0.39, 0.29) is 11.3 Å². The molecule has 0 aliphatic carbocycles. The number of nitrogens with zero attached hydrogens (tertiary/aromatic N) is 1. The second kappa shape index (κ2) is 5.11. The molecule has 1 aromatic carbocycles. The number of ether oxygens (including phenoxy) is 1. The maximum Gasteiger partial charge on any atom is 0.275 e. The van der Waals surface area contributed by atoms with Crippen LogP contribution in [-0.2, 0) is 20.9 Å². The monoisotopic (exact) mass is 261 g/mol. The number of nitro groups is 1. The summed E-state index contributed by atoms with van der Waals surface area (Å²) >= 11 is 0. The standard InChI is InChI=1S/C9H11NO6S/c1-15-8-3-4-9(10(11)12)7(5-8)6-16-17(2,13)14/h3-5H,6H2,1-2H3. The lowest BCUT2D eigenvalue weighted by molar-refractivity contribution is -0.385. The van der Waals surface area contributed by atoms with E-state index in [4.69, 9.17) is 4.74 Å². The van der Waals surface area contributed by atoms with E-state index in [1.165, 1.54) is 25.3 Å². The van der Waals surface area contributed by atoms with E-state index in [1.807, 2.05) is 0 Å². The molecule has 8 heteroatoms. The van der Waals surface area contributed by atoms with Crippen LogP contribution in [0.15, 0.2) is 18.2 Å². The van der Waals surface area contributed by atoms with Crippen molar-refractivity contribution >= 4 is 15.8 Å². The van der Waals surface area contributed by atoms with Gasteiger partial charge in [0.25, 0.3) is 15.8 Å². The van der Waals surface area contributed by atoms with Gasteiger partial charge in [0.1, 0.15) is 5.75 Å². The molecule has 1 rings (SSSR count). The Labute approximate surface area is 98.2 Å². The predicted octanol–water partition coefficient (Wildman–Crippen LogP) is 1.08. The van der Waals surface area contributed by atoms with Gasteiger partial charge >= 0.3 is 0 Å². The number of hydrogen-bond donors (Lipinski definition) is 0. The largest absolute Gasteiger partial charge is 0.497 e. The zero-order valence-corrected chi connectivity index (χ0v) is 10.1. The number of hydrogen-bond acceptors (Lipinski definition) is 6. The normalized spacial score (nSPS) is 11.2. The van der Waals surface area contributed by atoms with Crippen molar-refractivity contribution in [2.75, 3.05) is 13.4 Å². The van der Waals surface area contributed by atoms with Gasteiger partial charge in [-0.3, -0.25) is 14.3 Å². The molecule has 94 valence electrons. The SMILES string of the molecule is COc1ccc([N+](=O)[O-])c(COS(C)(=O)=O)c1. The molecule has 17 heavy (non-hydrogen) atoms. The number of rotatable bonds is 5. The third kappa shape index (κ3) is 4.00. The Balaban J connectivity index is 3.05. The molecule has 0 atom stereocenters. The molecule has 0 saturated carbocycles. The molecule has 1 aromatic rings. The van der Waals surface area contributed by atoms with Crippen molar-refractivity contribution in [3.63, 3.8) is 0 Å². The summed E-state index contributed by atoms with van der Waals surface area (Å²) in [5.41, 5.74) is -0.0748. The summed E-state index contributed by atoms with van der Waals surface area (Å²) < 4.78 is 31.0. The zero-order valence-electron chi connectivity index (χ0n) is 9.24. The molecule has 0 unspecified atom stereocenters. The van der Waals surface area contributed by atoms with Gasteiger partial charge in [-0.1, -0.05) is 0 Å². The lowest BCUT2D eigenvalue weighted by Gasteiger charge is -2.05. The van der Waals surface area contributed by atoms with Crippen molar-refractivity contribution in [3.05, 3.63) is 33.9 Å². The van der Waals surface area contributed by atoms with Crippen LogP contribution >= 0.6 is 0 Å². The fourth-order valence-electron chi connectivity index (χ4n) is 1.15. The van der Waals surface area contributed by atoms with E-state index in [0.29, 0.717) is 5.75 Å². The van der Waals surface area contributed by atoms with Crippen LogP contribution < -0.4 is 4.74 Å². The maximum atomic E-state index is 10.8. The highest BCUT2D eigenvalue weighted by atomic mass is 32.2. The van der Waals surface area contributed by atoms with Crippen LogP contribution in [0, 0.1) is 10.1 Å². The smallest absolute Gasteiger partial charge is 0.275 e. The molecule has 0 saturated heterocycles. The van der Waals surface area contributed by atoms with Crippen LogP contribution in [0.5, 0.6) is 5.75 Å². The van der Waals surface area contributed by atoms with Gasteiger partial charge in [0.2, 0.25) is 0 Å². The molecule has 0 spiro atoms. The first-order valence-corrected chi connectivity index (χ1v) is 6.31. The van der Waals surface area contributed by atoms with Crippen molar-refractivity contribution in [1.29, 1.82) is 0 Å². The summed E-state index contributed by atoms with van der Waals surface area (Å²) in [5.74, 6) is 0.391. The Hall–Kier alpha value is -1.67. The molecule has 0 aromatic heterocycles. The first kappa shape index (κ1) is 13.4. The molecule has 0 aliphatic rings. The number of benzene rings is 1. The summed E-state index contributed by atoms with van der Waals surface area (Å²) in [7, 11) is -2.24. The van der Waals surface area contributed by atoms with E-state index < -0.39 is 21.6 Å². The second-order valence-corrected chi connectivity index (χ2v) is 4.86. The molecule has 0 N–H and O–H groups in total. The van der Waals surface area contributed by atoms with E-state index in [0.717, 1.165) is 6.26 Å². The topological polar surface area (TPSA) is 95.7 Å². The summed E-state index contributed by atoms with van der Waals surface area (Å²) in [6.45, 7) is -0.396. The molecular weight excluding hydrogens is 250 g/mol. The summed E-state index contributed by atoms with van der Waals surface area (Å²) in [6.07, 6.45) is 0.874. The lowest BCUT2D eigenvalue weighted by Crippen LogP contribution is -2.05. The quantitative estimate of drug-likeness (QED) is 0.447. The van der Waals surface area contributed by atoms with E-state index in [2.05, 4.69) is 4.18 Å². The van der Waals surface area contributed by atoms with E-state index >= 15 is 0 Å². The molecule has 0 amide bonds. The first-order valence-electron chi connectivity index (χ1n) is 4.49. The maximum absolute atomic E-state index is 10.8. The fraction of sp³-hybridized carbons (Fsp3) is 0.333. The minimum atomic E-state index is -3.65. The highest BCUT2D eigenvalue weighted by Gasteiger charge is 2.16. The molecule has 0 radical (unpaired) electrons. The average Bonchev–Trinajstić information content (AvgIpc) is 2.24. The van der Waals surface area contributed by atoms with Gasteiger partial charge in [-0.05, 0) is 12.1 Å². The predicted molar refractivity (Wildman–Crippen MR) is 59.3 cm³/mol. The van der Waals surface area contributed by atoms with Gasteiger partial charge in [0, 0.05) is 6.07 Å². The summed E-state index contributed by atoms with van der Waals surface area (Å²) in [4.78, 5) is 10.1. The Morgan fingerprint density at radius 1 is 1.41 bits per heavy atom. The molecule has 0 heterocycles. The van der Waals surface area contributed by atoms with Gasteiger partial charge in [0.15, 0.2) is 0 Å². The zero-order chi connectivity index (χ0) is 13.1. The van der Waals surface area contributed by atoms with Gasteiger partial charge in [-0.25, -0.2) is 0 Å². The van der Waals surface area contributed by atoms with Crippen molar-refractivity contribution in [2.24, 2.45) is 0 Å². The van der Waals surface area contributed by atoms with Gasteiger partial charge < -0.3 is 4.74 Å². The minimum absolute atomic E-state index is 0.139. The van der Waals surface area contributed by atoms with Crippen LogP contribution in [0.3, 0.4) is 0 Å². The lowest BCUT2D eigenvalue weighted by atomic mass is 10.2. The van der Waals surface area contributed by atoms with E-state index in [9.17, 15) is 18.5 Å². The average molecular weight is 261 g/mol. The third-order valence-corrected chi connectivity index (χ3v) is 2.46. The van der Waals surface area contributed by atoms with Crippen molar-refractivity contribution in [2.45, 2.75) is 6.61 Å². The third-order valence-electron chi connectivity index (χ3n) is 1.91. The molecule has 0 aliphatic heterocycles. The Bertz CT molecular complexity index is 524. The van der Waals surface area contributed by atoms with Crippen molar-refractivity contribution in [1.82, 2.24) is 0 Å². The van der Waals surface area contributed by atoms with Crippen molar-refractivity contribution in [3.8, 4) is 5.75 Å². The van der Waals surface area contributed by atoms with Crippen LogP contribution in [0.25, 0.3) is 0 Å². The van der Waals surface area contributed by atoms with Gasteiger partial charge in [-0.15, -0.1) is 0 Å². The molecule has 7 nitrogen and oxygen atoms in total. The minimum Gasteiger partial charge on any atom is -0.497 e. The van der Waals surface area contributed by atoms with Crippen molar-refractivity contribution < 1.29 is 22.3 Å². The second-order valence-electron chi connectivity index (χ2n) is 3.22. The van der Waals surface area contributed by atoms with E-state index in [1.54, 1.807) is 0 Å². The Kier molecular flexibility index (Phi) is 4.02. The summed E-state index contributed by atoms with van der Waals surface area (Å²) in [6, 6.07) is 4.02. The van der Waals surface area contributed by atoms with Crippen LogP contribution in [-0.4, -0.2) is 26.7 Å². The van der Waals surface area contributed by atoms with Crippen LogP contribution in [0.4, 0.5) is 5.69 Å². The van der Waals surface area contributed by atoms with Crippen LogP contribution in [0.2, 0.25) is 0 Å². The highest BCUT2D eigenvalue weighted by Crippen LogP contribution is 2.24. The van der Waals surface area contributed by atoms with Gasteiger partial charge in [-0.2, -0.15) is 8.42 Å². The molecular formula is C9H11NO6S. The first-order chi connectivity index (χ1) is 7.83. The Morgan fingerprint density at radius 2 is 2.06 bits per heavy atom. The highest BCUT2D eigenvalue weighted by molar-refractivity contribution is 7.85. The fourth-order valence-corrected chi connectivity index (χ4v) is 1.49. The molecule has 0 bridgehead atoms. The summed E-state index contributed by atoms with van der Waals surface area (Å²) in [5, 5.41) is 10.7. The molecule has 0 fully saturated rings. The number of methoxy groups -OCH3 is 1.